The van der Waals surface area contributed by atoms with Crippen LogP contribution in [0, 0.1) is 22.9 Å². The first kappa shape index (κ1) is 22.1. The number of nitrogens with two attached hydrogens (primary N) is 2. The Labute approximate surface area is 166 Å². The number of rotatable bonds is 1. The number of aliphatic imine (C=N–C) groups is 1. The fraction of sp³-hybridized carbons (Fsp3) is 0.375. The average molecular weight is 497 g/mol. The molecule has 2 aliphatic rings. The molecular weight excluding hydrogens is 479 g/mol. The second kappa shape index (κ2) is 10.9. The number of thioether (sulfide) groups is 1. The zero-order chi connectivity index (χ0) is 19.0. The van der Waals surface area contributed by atoms with E-state index < -0.39 is 0 Å². The quantitative estimate of drug-likeness (QED) is 0.457. The van der Waals surface area contributed by atoms with E-state index in [1.54, 1.807) is 17.8 Å². The smallest absolute Gasteiger partial charge is 0.214 e. The van der Waals surface area contributed by atoms with E-state index in [1.165, 1.54) is 21.9 Å². The van der Waals surface area contributed by atoms with Crippen LogP contribution in [0.25, 0.3) is 0 Å². The number of fused-ring (bicyclic) bond motifs is 1. The molecule has 4 nitrogen and oxygen atoms in total. The van der Waals surface area contributed by atoms with Gasteiger partial charge < -0.3 is 11.5 Å². The lowest BCUT2D eigenvalue weighted by atomic mass is 10.00. The minimum absolute atomic E-state index is 0.139. The fourth-order valence-electron chi connectivity index (χ4n) is 2.30. The zero-order valence-corrected chi connectivity index (χ0v) is 17.4. The second-order valence-corrected chi connectivity index (χ2v) is 8.06. The molecule has 3 atom stereocenters. The molecule has 0 spiro atoms. The van der Waals surface area contributed by atoms with Gasteiger partial charge in [0.25, 0.3) is 0 Å². The number of amidine groups is 1. The molecule has 0 radical (unpaired) electrons. The van der Waals surface area contributed by atoms with Crippen LogP contribution in [0.1, 0.15) is 30.5 Å². The molecule has 4 N–H and O–H groups in total. The average Bonchev–Trinajstić information content (AvgIpc) is 3.34. The fourth-order valence-corrected chi connectivity index (χ4v) is 3.92. The van der Waals surface area contributed by atoms with Crippen LogP contribution in [0.15, 0.2) is 23.2 Å². The first-order valence-corrected chi connectivity index (χ1v) is 11.4. The highest BCUT2D eigenvalue weighted by atomic mass is 127. The third kappa shape index (κ3) is 7.03. The molecule has 1 fully saturated rings. The van der Waals surface area contributed by atoms with Gasteiger partial charge in [0.15, 0.2) is 5.17 Å². The van der Waals surface area contributed by atoms with E-state index >= 15 is 0 Å². The monoisotopic (exact) mass is 497 g/mol. The number of halogens is 3. The molecule has 136 valence electrons. The molecule has 9 heteroatoms. The number of hydrogen-bond donors (Lipinski definition) is 2. The molecule has 1 aliphatic carbocycles. The molecular formula is C16H18F2IN3OS2. The molecule has 3 unspecified atom stereocenters. The third-order valence-corrected chi connectivity index (χ3v) is 5.30. The second-order valence-electron chi connectivity index (χ2n) is 5.12. The Balaban J connectivity index is 0.000000461. The van der Waals surface area contributed by atoms with Crippen molar-refractivity contribution in [3.63, 3.8) is 0 Å². The van der Waals surface area contributed by atoms with Crippen LogP contribution in [0.4, 0.5) is 8.78 Å². The lowest BCUT2D eigenvalue weighted by Crippen LogP contribution is -2.17. The number of amides is 1. The summed E-state index contributed by atoms with van der Waals surface area (Å²) in [7, 11) is 1.92. The van der Waals surface area contributed by atoms with Crippen molar-refractivity contribution in [1.82, 2.24) is 0 Å². The molecule has 0 saturated heterocycles. The minimum atomic E-state index is -0.333. The largest absolute Gasteiger partial charge is 0.379 e. The van der Waals surface area contributed by atoms with E-state index in [0.29, 0.717) is 29.1 Å². The van der Waals surface area contributed by atoms with Crippen molar-refractivity contribution >= 4 is 53.0 Å². The summed E-state index contributed by atoms with van der Waals surface area (Å²) in [6, 6.07) is 4.85. The Morgan fingerprint density at radius 2 is 2.12 bits per heavy atom. The molecule has 1 aromatic carbocycles. The van der Waals surface area contributed by atoms with Crippen LogP contribution < -0.4 is 11.5 Å². The number of benzene rings is 1. The van der Waals surface area contributed by atoms with E-state index in [1.807, 2.05) is 6.07 Å². The first-order valence-electron chi connectivity index (χ1n) is 7.14. The number of carbonyl (C=O) groups is 1. The number of hydrogen-bond acceptors (Lipinski definition) is 5. The summed E-state index contributed by atoms with van der Waals surface area (Å²) >= 11 is 3.72. The Morgan fingerprint density at radius 1 is 1.48 bits per heavy atom. The van der Waals surface area contributed by atoms with Gasteiger partial charge in [0.05, 0.1) is 13.2 Å². The summed E-state index contributed by atoms with van der Waals surface area (Å²) in [6.45, 7) is 1.31. The standard InChI is InChI=1S/C13H10FIN2S2.C2H5NO.CH3F/c14-10-2-1-7(3-4-18-15)5-8(10)12-9-6-11(9)19-13(16)17-12;1-2(3)4;1-2/h1-2,5,9,11-12H,6H2,(H2,16,17);1H3,(H2,3,4);1H3. The normalized spacial score (nSPS) is 22.4. The number of nitrogens with zero attached hydrogens (tertiary/aromatic N) is 1. The molecule has 1 heterocycles. The van der Waals surface area contributed by atoms with Crippen LogP contribution in [0.3, 0.4) is 0 Å². The van der Waals surface area contributed by atoms with Crippen LogP contribution in [-0.2, 0) is 4.79 Å². The number of alkyl halides is 1. The van der Waals surface area contributed by atoms with E-state index in [2.05, 4.69) is 43.1 Å². The van der Waals surface area contributed by atoms with Crippen LogP contribution >= 0.6 is 41.9 Å². The van der Waals surface area contributed by atoms with Crippen molar-refractivity contribution in [2.24, 2.45) is 22.4 Å². The van der Waals surface area contributed by atoms with Gasteiger partial charge in [0.1, 0.15) is 5.82 Å². The summed E-state index contributed by atoms with van der Waals surface area (Å²) in [5.74, 6) is 2.87. The number of carbonyl (C=O) groups excluding carboxylic acids is 1. The van der Waals surface area contributed by atoms with E-state index in [0.717, 1.165) is 12.0 Å². The van der Waals surface area contributed by atoms with Crippen molar-refractivity contribution in [3.8, 4) is 11.2 Å². The van der Waals surface area contributed by atoms with Gasteiger partial charge in [-0.2, -0.15) is 0 Å². The maximum absolute atomic E-state index is 14.0. The number of primary amides is 1. The summed E-state index contributed by atoms with van der Waals surface area (Å²) in [5, 5.41) is 4.00. The molecule has 25 heavy (non-hydrogen) atoms. The van der Waals surface area contributed by atoms with Gasteiger partial charge in [-0.05, 0) is 44.7 Å². The molecule has 1 saturated carbocycles. The topological polar surface area (TPSA) is 81.5 Å². The highest BCUT2D eigenvalue weighted by molar-refractivity contribution is 14.2. The SMILES string of the molecule is CC(N)=O.CF.NC1=NC(c2cc(C#CSI)ccc2F)C2CC2S1. The van der Waals surface area contributed by atoms with Crippen molar-refractivity contribution in [2.45, 2.75) is 24.6 Å². The van der Waals surface area contributed by atoms with E-state index in [4.69, 9.17) is 5.73 Å². The summed E-state index contributed by atoms with van der Waals surface area (Å²) < 4.78 is 23.5. The minimum Gasteiger partial charge on any atom is -0.379 e. The predicted molar refractivity (Wildman–Crippen MR) is 111 cm³/mol. The van der Waals surface area contributed by atoms with Crippen molar-refractivity contribution < 1.29 is 13.6 Å². The van der Waals surface area contributed by atoms with E-state index in [-0.39, 0.29) is 17.8 Å². The lowest BCUT2D eigenvalue weighted by Gasteiger charge is -2.18. The van der Waals surface area contributed by atoms with Gasteiger partial charge in [-0.15, -0.1) is 0 Å². The maximum atomic E-state index is 14.0. The molecule has 1 aromatic rings. The Kier molecular flexibility index (Phi) is 9.60. The van der Waals surface area contributed by atoms with Crippen molar-refractivity contribution in [1.29, 1.82) is 0 Å². The highest BCUT2D eigenvalue weighted by Gasteiger charge is 2.48. The van der Waals surface area contributed by atoms with Gasteiger partial charge in [0, 0.05) is 44.5 Å². The first-order chi connectivity index (χ1) is 11.9. The third-order valence-electron chi connectivity index (χ3n) is 3.27. The molecule has 1 amide bonds. The van der Waals surface area contributed by atoms with Crippen LogP contribution in [-0.4, -0.2) is 23.5 Å². The van der Waals surface area contributed by atoms with Crippen LogP contribution in [0.5, 0.6) is 0 Å². The Morgan fingerprint density at radius 3 is 2.72 bits per heavy atom. The molecule has 0 bridgehead atoms. The van der Waals surface area contributed by atoms with Gasteiger partial charge in [-0.25, -0.2) is 4.39 Å². The summed E-state index contributed by atoms with van der Waals surface area (Å²) in [5.41, 5.74) is 11.7. The van der Waals surface area contributed by atoms with Crippen molar-refractivity contribution in [2.75, 3.05) is 7.18 Å². The molecule has 0 aromatic heterocycles. The van der Waals surface area contributed by atoms with E-state index in [9.17, 15) is 13.6 Å². The Hall–Kier alpha value is -0.990. The summed E-state index contributed by atoms with van der Waals surface area (Å²) in [4.78, 5) is 13.6. The van der Waals surface area contributed by atoms with Gasteiger partial charge in [-0.3, -0.25) is 14.2 Å². The molecule has 3 rings (SSSR count). The zero-order valence-electron chi connectivity index (χ0n) is 13.6. The molecule has 1 aliphatic heterocycles. The highest BCUT2D eigenvalue weighted by Crippen LogP contribution is 2.54. The summed E-state index contributed by atoms with van der Waals surface area (Å²) in [6.07, 6.45) is 1.07. The van der Waals surface area contributed by atoms with Gasteiger partial charge in [0.2, 0.25) is 5.91 Å². The van der Waals surface area contributed by atoms with Crippen LogP contribution in [0.2, 0.25) is 0 Å². The van der Waals surface area contributed by atoms with Crippen molar-refractivity contribution in [3.05, 3.63) is 35.1 Å². The maximum Gasteiger partial charge on any atom is 0.214 e. The predicted octanol–water partition coefficient (Wildman–Crippen LogP) is 3.79. The lowest BCUT2D eigenvalue weighted by molar-refractivity contribution is -0.115. The Bertz CT molecular complexity index is 702. The van der Waals surface area contributed by atoms with Gasteiger partial charge in [-0.1, -0.05) is 17.7 Å². The van der Waals surface area contributed by atoms with Gasteiger partial charge >= 0.3 is 0 Å².